The number of benzene rings is 1. The largest absolute Gasteiger partial charge is 0.417 e. The highest BCUT2D eigenvalue weighted by molar-refractivity contribution is 8.00. The maximum absolute atomic E-state index is 13.0. The third-order valence-electron chi connectivity index (χ3n) is 2.20. The third kappa shape index (κ3) is 4.53. The van der Waals surface area contributed by atoms with Crippen molar-refractivity contribution in [1.29, 1.82) is 0 Å². The lowest BCUT2D eigenvalue weighted by Crippen LogP contribution is -2.13. The summed E-state index contributed by atoms with van der Waals surface area (Å²) in [4.78, 5) is 0.274. The molecule has 0 aromatic heterocycles. The Morgan fingerprint density at radius 3 is 2.22 bits per heavy atom. The lowest BCUT2D eigenvalue weighted by atomic mass is 10.1. The summed E-state index contributed by atoms with van der Waals surface area (Å²) in [6.07, 6.45) is -3.86. The molecule has 0 saturated heterocycles. The van der Waals surface area contributed by atoms with Crippen molar-refractivity contribution in [3.05, 3.63) is 29.3 Å². The maximum atomic E-state index is 13.0. The van der Waals surface area contributed by atoms with Crippen molar-refractivity contribution in [2.45, 2.75) is 43.0 Å². The van der Waals surface area contributed by atoms with Crippen LogP contribution in [0.3, 0.4) is 0 Å². The molecule has 2 N–H and O–H groups in total. The highest BCUT2D eigenvalue weighted by Gasteiger charge is 2.34. The van der Waals surface area contributed by atoms with E-state index in [0.717, 1.165) is 0 Å². The average molecular weight is 277 g/mol. The highest BCUT2D eigenvalue weighted by atomic mass is 32.2. The Labute approximate surface area is 110 Å². The molecule has 0 radical (unpaired) electrons. The van der Waals surface area contributed by atoms with Crippen molar-refractivity contribution >= 4 is 11.8 Å². The second-order valence-corrected chi connectivity index (χ2v) is 6.95. The predicted molar refractivity (Wildman–Crippen MR) is 69.8 cm³/mol. The lowest BCUT2D eigenvalue weighted by Gasteiger charge is -2.21. The Kier molecular flexibility index (Phi) is 4.72. The normalized spacial score (nSPS) is 12.8. The summed E-state index contributed by atoms with van der Waals surface area (Å²) in [5.74, 6) is 0. The monoisotopic (exact) mass is 277 g/mol. The SMILES string of the molecule is CC(C)(C)Sc1ccc(CCN)cc1C(F)(F)F. The average Bonchev–Trinajstić information content (AvgIpc) is 2.17. The fourth-order valence-electron chi connectivity index (χ4n) is 1.54. The first-order valence-electron chi connectivity index (χ1n) is 5.73. The van der Waals surface area contributed by atoms with Gasteiger partial charge in [0.1, 0.15) is 0 Å². The molecular weight excluding hydrogens is 259 g/mol. The maximum Gasteiger partial charge on any atom is 0.417 e. The van der Waals surface area contributed by atoms with Crippen LogP contribution in [0.1, 0.15) is 31.9 Å². The molecule has 0 aliphatic rings. The van der Waals surface area contributed by atoms with E-state index in [1.54, 1.807) is 12.1 Å². The summed E-state index contributed by atoms with van der Waals surface area (Å²) in [7, 11) is 0. The minimum Gasteiger partial charge on any atom is -0.330 e. The minimum atomic E-state index is -4.32. The number of rotatable bonds is 3. The third-order valence-corrected chi connectivity index (χ3v) is 3.39. The Morgan fingerprint density at radius 1 is 1.17 bits per heavy atom. The van der Waals surface area contributed by atoms with Crippen LogP contribution in [-0.2, 0) is 12.6 Å². The van der Waals surface area contributed by atoms with Crippen LogP contribution in [0.25, 0.3) is 0 Å². The molecule has 1 aromatic rings. The molecule has 102 valence electrons. The minimum absolute atomic E-state index is 0.255. The summed E-state index contributed by atoms with van der Waals surface area (Å²) < 4.78 is 38.7. The molecule has 0 saturated carbocycles. The molecule has 18 heavy (non-hydrogen) atoms. The zero-order valence-corrected chi connectivity index (χ0v) is 11.6. The van der Waals surface area contributed by atoms with E-state index >= 15 is 0 Å². The number of hydrogen-bond acceptors (Lipinski definition) is 2. The highest BCUT2D eigenvalue weighted by Crippen LogP contribution is 2.41. The Morgan fingerprint density at radius 2 is 1.78 bits per heavy atom. The molecular formula is C13H18F3NS. The van der Waals surface area contributed by atoms with E-state index in [1.807, 2.05) is 20.8 Å². The molecule has 1 rings (SSSR count). The zero-order chi connectivity index (χ0) is 14.0. The van der Waals surface area contributed by atoms with Gasteiger partial charge in [-0.15, -0.1) is 11.8 Å². The summed E-state index contributed by atoms with van der Waals surface area (Å²) >= 11 is 1.23. The van der Waals surface area contributed by atoms with Gasteiger partial charge >= 0.3 is 6.18 Å². The van der Waals surface area contributed by atoms with Crippen LogP contribution in [0.4, 0.5) is 13.2 Å². The number of hydrogen-bond donors (Lipinski definition) is 1. The molecule has 0 aliphatic carbocycles. The van der Waals surface area contributed by atoms with E-state index in [1.165, 1.54) is 17.8 Å². The van der Waals surface area contributed by atoms with Crippen molar-refractivity contribution in [2.24, 2.45) is 5.73 Å². The van der Waals surface area contributed by atoms with Gasteiger partial charge in [-0.25, -0.2) is 0 Å². The van der Waals surface area contributed by atoms with Gasteiger partial charge in [-0.3, -0.25) is 0 Å². The van der Waals surface area contributed by atoms with Gasteiger partial charge in [-0.1, -0.05) is 26.8 Å². The fraction of sp³-hybridized carbons (Fsp3) is 0.538. The van der Waals surface area contributed by atoms with Crippen molar-refractivity contribution in [3.8, 4) is 0 Å². The first-order valence-corrected chi connectivity index (χ1v) is 6.54. The Hall–Kier alpha value is -0.680. The van der Waals surface area contributed by atoms with E-state index in [9.17, 15) is 13.2 Å². The van der Waals surface area contributed by atoms with Gasteiger partial charge in [-0.2, -0.15) is 13.2 Å². The zero-order valence-electron chi connectivity index (χ0n) is 10.8. The number of halogens is 3. The van der Waals surface area contributed by atoms with E-state index in [-0.39, 0.29) is 9.64 Å². The first kappa shape index (κ1) is 15.4. The second-order valence-electron chi connectivity index (χ2n) is 5.08. The standard InChI is InChI=1S/C13H18F3NS/c1-12(2,3)18-11-5-4-9(6-7-17)8-10(11)13(14,15)16/h4-5,8H,6-7,17H2,1-3H3. The Balaban J connectivity index is 3.17. The van der Waals surface area contributed by atoms with Gasteiger partial charge in [0.2, 0.25) is 0 Å². The quantitative estimate of drug-likeness (QED) is 0.842. The summed E-state index contributed by atoms with van der Waals surface area (Å²) in [5, 5.41) is 0. The van der Waals surface area contributed by atoms with Gasteiger partial charge in [0.25, 0.3) is 0 Å². The molecule has 1 nitrogen and oxygen atoms in total. The van der Waals surface area contributed by atoms with Crippen LogP contribution in [0.15, 0.2) is 23.1 Å². The van der Waals surface area contributed by atoms with Gasteiger partial charge in [0.15, 0.2) is 0 Å². The van der Waals surface area contributed by atoms with E-state index in [0.29, 0.717) is 18.5 Å². The summed E-state index contributed by atoms with van der Waals surface area (Å²) in [5.41, 5.74) is 5.44. The predicted octanol–water partition coefficient (Wildman–Crippen LogP) is 4.10. The van der Waals surface area contributed by atoms with Gasteiger partial charge in [-0.05, 0) is 30.7 Å². The van der Waals surface area contributed by atoms with Crippen LogP contribution >= 0.6 is 11.8 Å². The topological polar surface area (TPSA) is 26.0 Å². The summed E-state index contributed by atoms with van der Waals surface area (Å²) in [6, 6.07) is 4.47. The van der Waals surface area contributed by atoms with Crippen LogP contribution in [0, 0.1) is 0 Å². The Bertz CT molecular complexity index is 408. The first-order chi connectivity index (χ1) is 8.13. The molecule has 0 amide bonds. The van der Waals surface area contributed by atoms with Crippen molar-refractivity contribution in [3.63, 3.8) is 0 Å². The second kappa shape index (κ2) is 5.53. The molecule has 0 spiro atoms. The van der Waals surface area contributed by atoms with Crippen molar-refractivity contribution in [1.82, 2.24) is 0 Å². The number of alkyl halides is 3. The van der Waals surface area contributed by atoms with Crippen LogP contribution in [-0.4, -0.2) is 11.3 Å². The fourth-order valence-corrected chi connectivity index (χ4v) is 2.62. The molecule has 1 aromatic carbocycles. The lowest BCUT2D eigenvalue weighted by molar-refractivity contribution is -0.139. The molecule has 0 atom stereocenters. The van der Waals surface area contributed by atoms with Gasteiger partial charge in [0, 0.05) is 9.64 Å². The van der Waals surface area contributed by atoms with E-state index < -0.39 is 11.7 Å². The van der Waals surface area contributed by atoms with Crippen LogP contribution in [0.2, 0.25) is 0 Å². The van der Waals surface area contributed by atoms with Crippen molar-refractivity contribution < 1.29 is 13.2 Å². The molecule has 0 heterocycles. The number of nitrogens with two attached hydrogens (primary N) is 1. The van der Waals surface area contributed by atoms with Crippen molar-refractivity contribution in [2.75, 3.05) is 6.54 Å². The molecule has 0 unspecified atom stereocenters. The smallest absolute Gasteiger partial charge is 0.330 e. The molecule has 0 aliphatic heterocycles. The molecule has 0 bridgehead atoms. The summed E-state index contributed by atoms with van der Waals surface area (Å²) in [6.45, 7) is 6.03. The van der Waals surface area contributed by atoms with E-state index in [4.69, 9.17) is 5.73 Å². The molecule has 0 fully saturated rings. The van der Waals surface area contributed by atoms with Crippen LogP contribution < -0.4 is 5.73 Å². The number of thioether (sulfide) groups is 1. The van der Waals surface area contributed by atoms with Gasteiger partial charge in [0.05, 0.1) is 5.56 Å². The molecule has 5 heteroatoms. The van der Waals surface area contributed by atoms with Crippen LogP contribution in [0.5, 0.6) is 0 Å². The van der Waals surface area contributed by atoms with Gasteiger partial charge < -0.3 is 5.73 Å². The van der Waals surface area contributed by atoms with E-state index in [2.05, 4.69) is 0 Å².